The second kappa shape index (κ2) is 3.29. The molecule has 0 radical (unpaired) electrons. The SMILES string of the molecule is CC(C1CC1)N1CCC(C(=O)O)C1. The Hall–Kier alpha value is -0.570. The van der Waals surface area contributed by atoms with Gasteiger partial charge in [-0.3, -0.25) is 9.69 Å². The van der Waals surface area contributed by atoms with Crippen LogP contribution in [0.2, 0.25) is 0 Å². The van der Waals surface area contributed by atoms with E-state index in [4.69, 9.17) is 5.11 Å². The lowest BCUT2D eigenvalue weighted by atomic mass is 10.1. The van der Waals surface area contributed by atoms with Crippen molar-refractivity contribution < 1.29 is 9.90 Å². The highest BCUT2D eigenvalue weighted by Gasteiger charge is 2.37. The highest BCUT2D eigenvalue weighted by Crippen LogP contribution is 2.36. The molecule has 0 aromatic rings. The summed E-state index contributed by atoms with van der Waals surface area (Å²) < 4.78 is 0. The molecule has 1 N–H and O–H groups in total. The molecule has 1 heterocycles. The van der Waals surface area contributed by atoms with E-state index in [1.54, 1.807) is 0 Å². The summed E-state index contributed by atoms with van der Waals surface area (Å²) in [7, 11) is 0. The van der Waals surface area contributed by atoms with Gasteiger partial charge in [-0.15, -0.1) is 0 Å². The molecule has 2 aliphatic rings. The molecule has 74 valence electrons. The molecule has 3 heteroatoms. The molecule has 1 aliphatic carbocycles. The lowest BCUT2D eigenvalue weighted by Gasteiger charge is -2.23. The quantitative estimate of drug-likeness (QED) is 0.714. The van der Waals surface area contributed by atoms with E-state index in [2.05, 4.69) is 11.8 Å². The highest BCUT2D eigenvalue weighted by atomic mass is 16.4. The second-order valence-corrected chi connectivity index (χ2v) is 4.40. The molecule has 13 heavy (non-hydrogen) atoms. The summed E-state index contributed by atoms with van der Waals surface area (Å²) in [6.45, 7) is 3.99. The predicted molar refractivity (Wildman–Crippen MR) is 49.5 cm³/mol. The van der Waals surface area contributed by atoms with Crippen LogP contribution < -0.4 is 0 Å². The van der Waals surface area contributed by atoms with Crippen LogP contribution in [-0.4, -0.2) is 35.1 Å². The zero-order valence-electron chi connectivity index (χ0n) is 8.07. The van der Waals surface area contributed by atoms with Crippen LogP contribution in [-0.2, 0) is 4.79 Å². The van der Waals surface area contributed by atoms with Gasteiger partial charge in [-0.2, -0.15) is 0 Å². The van der Waals surface area contributed by atoms with Gasteiger partial charge in [-0.05, 0) is 38.6 Å². The highest BCUT2D eigenvalue weighted by molar-refractivity contribution is 5.70. The van der Waals surface area contributed by atoms with Crippen LogP contribution in [0.15, 0.2) is 0 Å². The first-order chi connectivity index (χ1) is 6.18. The monoisotopic (exact) mass is 183 g/mol. The van der Waals surface area contributed by atoms with E-state index in [1.165, 1.54) is 12.8 Å². The Labute approximate surface area is 78.7 Å². The maximum absolute atomic E-state index is 10.7. The molecule has 0 aromatic carbocycles. The molecular weight excluding hydrogens is 166 g/mol. The van der Waals surface area contributed by atoms with Crippen molar-refractivity contribution >= 4 is 5.97 Å². The molecule has 3 nitrogen and oxygen atoms in total. The average molecular weight is 183 g/mol. The van der Waals surface area contributed by atoms with Gasteiger partial charge in [-0.25, -0.2) is 0 Å². The summed E-state index contributed by atoms with van der Waals surface area (Å²) in [6, 6.07) is 0.615. The number of hydrogen-bond acceptors (Lipinski definition) is 2. The number of rotatable bonds is 3. The van der Waals surface area contributed by atoms with Gasteiger partial charge in [0.2, 0.25) is 0 Å². The normalized spacial score (nSPS) is 31.9. The van der Waals surface area contributed by atoms with Gasteiger partial charge in [0.05, 0.1) is 5.92 Å². The molecule has 0 bridgehead atoms. The molecule has 2 unspecified atom stereocenters. The van der Waals surface area contributed by atoms with Crippen LogP contribution in [0, 0.1) is 11.8 Å². The van der Waals surface area contributed by atoms with Crippen molar-refractivity contribution in [3.8, 4) is 0 Å². The summed E-state index contributed by atoms with van der Waals surface area (Å²) >= 11 is 0. The first kappa shape index (κ1) is 9.00. The summed E-state index contributed by atoms with van der Waals surface area (Å²) in [5, 5.41) is 8.84. The van der Waals surface area contributed by atoms with Crippen LogP contribution in [0.25, 0.3) is 0 Å². The van der Waals surface area contributed by atoms with Crippen LogP contribution >= 0.6 is 0 Å². The Balaban J connectivity index is 1.86. The molecule has 1 aliphatic heterocycles. The lowest BCUT2D eigenvalue weighted by Crippen LogP contribution is -2.33. The number of aliphatic carboxylic acids is 1. The molecule has 2 atom stereocenters. The van der Waals surface area contributed by atoms with E-state index in [1.807, 2.05) is 0 Å². The Morgan fingerprint density at radius 1 is 1.46 bits per heavy atom. The first-order valence-corrected chi connectivity index (χ1v) is 5.15. The molecular formula is C10H17NO2. The van der Waals surface area contributed by atoms with Crippen molar-refractivity contribution in [2.75, 3.05) is 13.1 Å². The third-order valence-corrected chi connectivity index (χ3v) is 3.45. The van der Waals surface area contributed by atoms with Gasteiger partial charge < -0.3 is 5.11 Å². The number of nitrogens with zero attached hydrogens (tertiary/aromatic N) is 1. The fraction of sp³-hybridized carbons (Fsp3) is 0.900. The third kappa shape index (κ3) is 1.85. The molecule has 0 spiro atoms. The minimum Gasteiger partial charge on any atom is -0.481 e. The van der Waals surface area contributed by atoms with Crippen LogP contribution in [0.5, 0.6) is 0 Å². The number of carbonyl (C=O) groups is 1. The average Bonchev–Trinajstić information content (AvgIpc) is 2.81. The first-order valence-electron chi connectivity index (χ1n) is 5.15. The van der Waals surface area contributed by atoms with Gasteiger partial charge in [0.1, 0.15) is 0 Å². The van der Waals surface area contributed by atoms with E-state index in [0.29, 0.717) is 6.04 Å². The number of hydrogen-bond donors (Lipinski definition) is 1. The maximum atomic E-state index is 10.7. The fourth-order valence-electron chi connectivity index (χ4n) is 2.24. The topological polar surface area (TPSA) is 40.5 Å². The van der Waals surface area contributed by atoms with Crippen molar-refractivity contribution in [1.82, 2.24) is 4.90 Å². The predicted octanol–water partition coefficient (Wildman–Crippen LogP) is 1.19. The Morgan fingerprint density at radius 2 is 2.15 bits per heavy atom. The second-order valence-electron chi connectivity index (χ2n) is 4.40. The fourth-order valence-corrected chi connectivity index (χ4v) is 2.24. The molecule has 0 amide bonds. The summed E-state index contributed by atoms with van der Waals surface area (Å²) in [5.41, 5.74) is 0. The van der Waals surface area contributed by atoms with Crippen LogP contribution in [0.1, 0.15) is 26.2 Å². The van der Waals surface area contributed by atoms with Crippen molar-refractivity contribution in [3.05, 3.63) is 0 Å². The van der Waals surface area contributed by atoms with Crippen molar-refractivity contribution in [3.63, 3.8) is 0 Å². The standard InChI is InChI=1S/C10H17NO2/c1-7(8-2-3-8)11-5-4-9(6-11)10(12)13/h7-9H,2-6H2,1H3,(H,12,13). The van der Waals surface area contributed by atoms with E-state index in [-0.39, 0.29) is 5.92 Å². The lowest BCUT2D eigenvalue weighted by molar-refractivity contribution is -0.141. The van der Waals surface area contributed by atoms with Crippen molar-refractivity contribution in [2.45, 2.75) is 32.2 Å². The maximum Gasteiger partial charge on any atom is 0.307 e. The van der Waals surface area contributed by atoms with Gasteiger partial charge in [0, 0.05) is 12.6 Å². The summed E-state index contributed by atoms with van der Waals surface area (Å²) in [5.74, 6) is 0.124. The largest absolute Gasteiger partial charge is 0.481 e. The van der Waals surface area contributed by atoms with Crippen molar-refractivity contribution in [1.29, 1.82) is 0 Å². The Kier molecular flexibility index (Phi) is 2.28. The third-order valence-electron chi connectivity index (χ3n) is 3.45. The van der Waals surface area contributed by atoms with Crippen LogP contribution in [0.4, 0.5) is 0 Å². The van der Waals surface area contributed by atoms with Gasteiger partial charge in [-0.1, -0.05) is 0 Å². The Morgan fingerprint density at radius 3 is 2.62 bits per heavy atom. The zero-order valence-corrected chi connectivity index (χ0v) is 8.07. The number of carboxylic acid groups (broad SMARTS) is 1. The van der Waals surface area contributed by atoms with Crippen LogP contribution in [0.3, 0.4) is 0 Å². The number of likely N-dealkylation sites (tertiary alicyclic amines) is 1. The van der Waals surface area contributed by atoms with Gasteiger partial charge in [0.25, 0.3) is 0 Å². The van der Waals surface area contributed by atoms with Gasteiger partial charge >= 0.3 is 5.97 Å². The van der Waals surface area contributed by atoms with Crippen molar-refractivity contribution in [2.24, 2.45) is 11.8 Å². The Bertz CT molecular complexity index is 213. The minimum absolute atomic E-state index is 0.110. The molecule has 1 saturated heterocycles. The smallest absolute Gasteiger partial charge is 0.307 e. The van der Waals surface area contributed by atoms with E-state index in [0.717, 1.165) is 25.4 Å². The van der Waals surface area contributed by atoms with E-state index in [9.17, 15) is 4.79 Å². The molecule has 0 aromatic heterocycles. The summed E-state index contributed by atoms with van der Waals surface area (Å²) in [6.07, 6.45) is 3.53. The minimum atomic E-state index is -0.620. The van der Waals surface area contributed by atoms with E-state index >= 15 is 0 Å². The van der Waals surface area contributed by atoms with E-state index < -0.39 is 5.97 Å². The molecule has 2 rings (SSSR count). The number of carboxylic acids is 1. The van der Waals surface area contributed by atoms with Gasteiger partial charge in [0.15, 0.2) is 0 Å². The molecule has 1 saturated carbocycles. The zero-order chi connectivity index (χ0) is 9.42. The summed E-state index contributed by atoms with van der Waals surface area (Å²) in [4.78, 5) is 13.1. The molecule has 2 fully saturated rings.